The first kappa shape index (κ1) is 36.3. The summed E-state index contributed by atoms with van der Waals surface area (Å²) in [7, 11) is 0. The third-order valence-electron chi connectivity index (χ3n) is 11.6. The monoisotopic (exact) mass is 796 g/mol. The summed E-state index contributed by atoms with van der Waals surface area (Å²) in [5, 5.41) is 3.23. The van der Waals surface area contributed by atoms with E-state index in [1.807, 2.05) is 42.5 Å². The molecule has 0 fully saturated rings. The van der Waals surface area contributed by atoms with Crippen molar-refractivity contribution in [3.63, 3.8) is 0 Å². The Bertz CT molecular complexity index is 3290. The summed E-state index contributed by atoms with van der Waals surface area (Å²) >= 11 is 0. The van der Waals surface area contributed by atoms with E-state index in [0.717, 1.165) is 72.9 Å². The van der Waals surface area contributed by atoms with Crippen LogP contribution in [0.25, 0.3) is 82.8 Å². The number of furan rings is 1. The van der Waals surface area contributed by atoms with Gasteiger partial charge in [-0.15, -0.1) is 0 Å². The number of hydrogen-bond acceptors (Lipinski definition) is 2. The second-order valence-corrected chi connectivity index (χ2v) is 15.3. The molecule has 0 aliphatic rings. The average Bonchev–Trinajstić information content (AvgIpc) is 3.85. The third kappa shape index (κ3) is 6.50. The zero-order valence-corrected chi connectivity index (χ0v) is 32.6. The molecule has 3 nitrogen and oxygen atoms in total. The van der Waals surface area contributed by atoms with Crippen LogP contribution in [0.2, 0.25) is 0 Å². The largest absolute Gasteiger partial charge is 0.456 e. The quantitative estimate of drug-likeness (QED) is 0.160. The Morgan fingerprint density at radius 2 is 0.820 bits per heavy atom. The number of nitrogens with zero attached hydrogens (tertiary/aromatic N) is 2. The average molecular weight is 797 g/mol. The molecule has 6 heteroatoms. The lowest BCUT2D eigenvalue weighted by atomic mass is 10.0. The smallest absolute Gasteiger partial charge is 0.416 e. The maximum absolute atomic E-state index is 13.7. The van der Waals surface area contributed by atoms with Crippen LogP contribution in [0.4, 0.5) is 30.2 Å². The van der Waals surface area contributed by atoms with Gasteiger partial charge in [0.15, 0.2) is 0 Å². The summed E-state index contributed by atoms with van der Waals surface area (Å²) in [5.41, 5.74) is 13.0. The van der Waals surface area contributed by atoms with Gasteiger partial charge < -0.3 is 13.9 Å². The van der Waals surface area contributed by atoms with E-state index in [1.165, 1.54) is 23.3 Å². The van der Waals surface area contributed by atoms with Gasteiger partial charge in [-0.2, -0.15) is 13.2 Å². The lowest BCUT2D eigenvalue weighted by molar-refractivity contribution is -0.137. The highest BCUT2D eigenvalue weighted by molar-refractivity contribution is 6.11. The highest BCUT2D eigenvalue weighted by Gasteiger charge is 2.31. The standard InChI is InChI=1S/C55H35F3N2O/c56-55(57,58)42-22-31-53-49(34-42)50-35-46(29-32-54(50)61-53)60-51-14-8-7-13-47(51)48-33-41(21-30-52(48)60)40-19-27-45(28-20-40)59(43-23-15-38(16-24-43)36-9-3-1-4-10-36)44-25-17-39(18-26-44)37-11-5-2-6-12-37/h1-35H. The van der Waals surface area contributed by atoms with Gasteiger partial charge in [-0.25, -0.2) is 0 Å². The minimum Gasteiger partial charge on any atom is -0.456 e. The van der Waals surface area contributed by atoms with E-state index in [-0.39, 0.29) is 0 Å². The SMILES string of the molecule is FC(F)(F)c1ccc2oc3ccc(-n4c5ccccc5c5cc(-c6ccc(N(c7ccc(-c8ccccc8)cc7)c7ccc(-c8ccccc8)cc7)cc6)ccc54)cc3c2c1. The summed E-state index contributed by atoms with van der Waals surface area (Å²) in [5.74, 6) is 0. The van der Waals surface area contributed by atoms with Gasteiger partial charge in [0, 0.05) is 44.3 Å². The summed E-state index contributed by atoms with van der Waals surface area (Å²) < 4.78 is 49.3. The fourth-order valence-corrected chi connectivity index (χ4v) is 8.63. The van der Waals surface area contributed by atoms with E-state index < -0.39 is 11.7 Å². The van der Waals surface area contributed by atoms with Crippen LogP contribution in [-0.4, -0.2) is 4.57 Å². The van der Waals surface area contributed by atoms with Crippen molar-refractivity contribution in [2.24, 2.45) is 0 Å². The Morgan fingerprint density at radius 3 is 1.39 bits per heavy atom. The molecule has 11 aromatic rings. The van der Waals surface area contributed by atoms with Gasteiger partial charge in [-0.1, -0.05) is 121 Å². The maximum atomic E-state index is 13.7. The number of hydrogen-bond donors (Lipinski definition) is 0. The topological polar surface area (TPSA) is 21.3 Å². The van der Waals surface area contributed by atoms with Gasteiger partial charge in [0.1, 0.15) is 11.2 Å². The lowest BCUT2D eigenvalue weighted by Crippen LogP contribution is -2.09. The molecule has 11 rings (SSSR count). The highest BCUT2D eigenvalue weighted by atomic mass is 19.4. The molecule has 2 aromatic heterocycles. The van der Waals surface area contributed by atoms with Crippen LogP contribution < -0.4 is 4.90 Å². The van der Waals surface area contributed by atoms with Gasteiger partial charge >= 0.3 is 6.18 Å². The third-order valence-corrected chi connectivity index (χ3v) is 11.6. The number of halogens is 3. The van der Waals surface area contributed by atoms with E-state index in [9.17, 15) is 13.2 Å². The van der Waals surface area contributed by atoms with Crippen molar-refractivity contribution in [1.29, 1.82) is 0 Å². The lowest BCUT2D eigenvalue weighted by Gasteiger charge is -2.26. The van der Waals surface area contributed by atoms with Crippen molar-refractivity contribution in [1.82, 2.24) is 4.57 Å². The van der Waals surface area contributed by atoms with Crippen LogP contribution in [-0.2, 0) is 6.18 Å². The summed E-state index contributed by atoms with van der Waals surface area (Å²) in [6.07, 6.45) is -4.45. The van der Waals surface area contributed by atoms with Crippen LogP contribution in [0.1, 0.15) is 5.56 Å². The molecule has 0 amide bonds. The van der Waals surface area contributed by atoms with Gasteiger partial charge in [-0.05, 0) is 124 Å². The predicted molar refractivity (Wildman–Crippen MR) is 244 cm³/mol. The number of alkyl halides is 3. The minimum atomic E-state index is -4.45. The van der Waals surface area contributed by atoms with E-state index in [4.69, 9.17) is 4.42 Å². The molecule has 61 heavy (non-hydrogen) atoms. The van der Waals surface area contributed by atoms with Crippen LogP contribution in [0.15, 0.2) is 217 Å². The molecule has 0 spiro atoms. The molecule has 9 aromatic carbocycles. The number of benzene rings is 9. The fraction of sp³-hybridized carbons (Fsp3) is 0.0182. The first-order valence-corrected chi connectivity index (χ1v) is 20.1. The summed E-state index contributed by atoms with van der Waals surface area (Å²) in [6, 6.07) is 71.0. The zero-order chi connectivity index (χ0) is 41.1. The molecule has 0 atom stereocenters. The Morgan fingerprint density at radius 1 is 0.361 bits per heavy atom. The van der Waals surface area contributed by atoms with Gasteiger partial charge in [-0.3, -0.25) is 0 Å². The Balaban J connectivity index is 0.972. The molecule has 2 heterocycles. The minimum absolute atomic E-state index is 0.420. The number of fused-ring (bicyclic) bond motifs is 6. The van der Waals surface area contributed by atoms with Crippen molar-refractivity contribution in [3.8, 4) is 39.1 Å². The Kier molecular flexibility index (Phi) is 8.60. The van der Waals surface area contributed by atoms with E-state index in [0.29, 0.717) is 21.9 Å². The molecule has 0 unspecified atom stereocenters. The molecule has 0 aliphatic heterocycles. The van der Waals surface area contributed by atoms with Crippen molar-refractivity contribution in [2.75, 3.05) is 4.90 Å². The first-order chi connectivity index (χ1) is 29.9. The number of rotatable bonds is 7. The van der Waals surface area contributed by atoms with Crippen LogP contribution >= 0.6 is 0 Å². The van der Waals surface area contributed by atoms with Crippen molar-refractivity contribution < 1.29 is 17.6 Å². The molecule has 0 aliphatic carbocycles. The molecule has 0 bridgehead atoms. The van der Waals surface area contributed by atoms with Crippen molar-refractivity contribution >= 4 is 60.8 Å². The van der Waals surface area contributed by atoms with E-state index >= 15 is 0 Å². The molecule has 0 saturated carbocycles. The molecule has 0 saturated heterocycles. The molecule has 0 N–H and O–H groups in total. The molecular formula is C55H35F3N2O. The van der Waals surface area contributed by atoms with E-state index in [1.54, 1.807) is 0 Å². The van der Waals surface area contributed by atoms with Crippen LogP contribution in [0.5, 0.6) is 0 Å². The van der Waals surface area contributed by atoms with Crippen LogP contribution in [0, 0.1) is 0 Å². The number of aromatic nitrogens is 1. The predicted octanol–water partition coefficient (Wildman–Crippen LogP) is 16.2. The summed E-state index contributed by atoms with van der Waals surface area (Å²) in [6.45, 7) is 0. The second-order valence-electron chi connectivity index (χ2n) is 15.3. The molecule has 292 valence electrons. The highest BCUT2D eigenvalue weighted by Crippen LogP contribution is 2.41. The molecule has 0 radical (unpaired) electrons. The van der Waals surface area contributed by atoms with Crippen molar-refractivity contribution in [2.45, 2.75) is 6.18 Å². The van der Waals surface area contributed by atoms with Gasteiger partial charge in [0.05, 0.1) is 16.6 Å². The fourth-order valence-electron chi connectivity index (χ4n) is 8.63. The number of anilines is 3. The zero-order valence-electron chi connectivity index (χ0n) is 32.6. The van der Waals surface area contributed by atoms with Gasteiger partial charge in [0.2, 0.25) is 0 Å². The van der Waals surface area contributed by atoms with Crippen LogP contribution in [0.3, 0.4) is 0 Å². The molecular weight excluding hydrogens is 762 g/mol. The first-order valence-electron chi connectivity index (χ1n) is 20.1. The Labute approximate surface area is 349 Å². The second kappa shape index (κ2) is 14.5. The van der Waals surface area contributed by atoms with Crippen molar-refractivity contribution in [3.05, 3.63) is 218 Å². The maximum Gasteiger partial charge on any atom is 0.416 e. The summed E-state index contributed by atoms with van der Waals surface area (Å²) in [4.78, 5) is 2.29. The van der Waals surface area contributed by atoms with E-state index in [2.05, 4.69) is 161 Å². The van der Waals surface area contributed by atoms with Gasteiger partial charge in [0.25, 0.3) is 0 Å². The normalized spacial score (nSPS) is 11.9. The number of para-hydroxylation sites is 1. The Hall–Kier alpha value is -7.83.